The van der Waals surface area contributed by atoms with Crippen LogP contribution in [0.2, 0.25) is 0 Å². The van der Waals surface area contributed by atoms with Gasteiger partial charge in [0.05, 0.1) is 12.2 Å². The monoisotopic (exact) mass is 407 g/mol. The van der Waals surface area contributed by atoms with Crippen molar-refractivity contribution < 1.29 is 9.13 Å². The number of nitrogens with zero attached hydrogens (tertiary/aromatic N) is 5. The molecule has 0 unspecified atom stereocenters. The van der Waals surface area contributed by atoms with Gasteiger partial charge in [-0.1, -0.05) is 18.2 Å². The van der Waals surface area contributed by atoms with E-state index in [1.807, 2.05) is 31.5 Å². The molecule has 0 spiro atoms. The van der Waals surface area contributed by atoms with E-state index in [0.29, 0.717) is 24.3 Å². The Labute approximate surface area is 175 Å². The molecule has 3 aromatic rings. The van der Waals surface area contributed by atoms with Crippen molar-refractivity contribution >= 4 is 0 Å². The summed E-state index contributed by atoms with van der Waals surface area (Å²) in [6, 6.07) is 7.28. The third-order valence-corrected chi connectivity index (χ3v) is 6.54. The van der Waals surface area contributed by atoms with Crippen molar-refractivity contribution in [3.8, 4) is 5.88 Å². The van der Waals surface area contributed by atoms with Crippen LogP contribution in [0.15, 0.2) is 55.2 Å². The van der Waals surface area contributed by atoms with E-state index < -0.39 is 0 Å². The fraction of sp³-hybridized carbons (Fsp3) is 0.435. The summed E-state index contributed by atoms with van der Waals surface area (Å²) in [5, 5.41) is 0. The maximum atomic E-state index is 14.1. The predicted molar refractivity (Wildman–Crippen MR) is 110 cm³/mol. The van der Waals surface area contributed by atoms with Crippen molar-refractivity contribution in [2.45, 2.75) is 38.5 Å². The number of fused-ring (bicyclic) bond motifs is 1. The highest BCUT2D eigenvalue weighted by molar-refractivity contribution is 5.17. The summed E-state index contributed by atoms with van der Waals surface area (Å²) in [5.41, 5.74) is 0.769. The lowest BCUT2D eigenvalue weighted by Gasteiger charge is -2.38. The van der Waals surface area contributed by atoms with Crippen LogP contribution in [0.4, 0.5) is 4.39 Å². The van der Waals surface area contributed by atoms with Gasteiger partial charge in [0.1, 0.15) is 17.7 Å². The van der Waals surface area contributed by atoms with E-state index in [9.17, 15) is 4.39 Å². The van der Waals surface area contributed by atoms with Crippen LogP contribution in [0.3, 0.4) is 0 Å². The number of aryl methyl sites for hydroxylation is 1. The van der Waals surface area contributed by atoms with Crippen molar-refractivity contribution in [2.75, 3.05) is 13.1 Å². The largest absolute Gasteiger partial charge is 0.471 e. The smallest absolute Gasteiger partial charge is 0.232 e. The lowest BCUT2D eigenvalue weighted by molar-refractivity contribution is 0.0501. The average Bonchev–Trinajstić information content (AvgIpc) is 3.35. The third-order valence-electron chi connectivity index (χ3n) is 6.54. The highest BCUT2D eigenvalue weighted by atomic mass is 19.1. The first-order chi connectivity index (χ1) is 14.7. The zero-order chi connectivity index (χ0) is 20.5. The van der Waals surface area contributed by atoms with Gasteiger partial charge in [0, 0.05) is 50.0 Å². The maximum absolute atomic E-state index is 14.1. The molecular formula is C23H26FN5O. The number of hydrogen-bond donors (Lipinski definition) is 0. The van der Waals surface area contributed by atoms with Crippen LogP contribution in [0.25, 0.3) is 0 Å². The van der Waals surface area contributed by atoms with E-state index in [-0.39, 0.29) is 18.0 Å². The Hall–Kier alpha value is -2.80. The lowest BCUT2D eigenvalue weighted by atomic mass is 9.77. The Morgan fingerprint density at radius 1 is 1.07 bits per heavy atom. The first-order valence-electron chi connectivity index (χ1n) is 10.5. The molecule has 0 radical (unpaired) electrons. The minimum atomic E-state index is -0.122. The summed E-state index contributed by atoms with van der Waals surface area (Å²) in [6.45, 7) is 4.64. The minimum Gasteiger partial charge on any atom is -0.471 e. The summed E-state index contributed by atoms with van der Waals surface area (Å²) < 4.78 is 22.7. The summed E-state index contributed by atoms with van der Waals surface area (Å²) >= 11 is 0. The van der Waals surface area contributed by atoms with Gasteiger partial charge in [-0.3, -0.25) is 9.88 Å². The molecule has 1 aliphatic carbocycles. The van der Waals surface area contributed by atoms with E-state index in [0.717, 1.165) is 37.3 Å². The Bertz CT molecular complexity index is 994. The zero-order valence-corrected chi connectivity index (χ0v) is 17.1. The van der Waals surface area contributed by atoms with Crippen LogP contribution < -0.4 is 4.74 Å². The molecule has 30 heavy (non-hydrogen) atoms. The molecule has 1 aliphatic heterocycles. The van der Waals surface area contributed by atoms with Gasteiger partial charge in [0.2, 0.25) is 5.88 Å². The number of imidazole rings is 1. The molecule has 0 bridgehead atoms. The quantitative estimate of drug-likeness (QED) is 0.646. The molecular weight excluding hydrogens is 381 g/mol. The molecule has 4 atom stereocenters. The van der Waals surface area contributed by atoms with Crippen molar-refractivity contribution in [2.24, 2.45) is 11.8 Å². The number of hydrogen-bond acceptors (Lipinski definition) is 5. The van der Waals surface area contributed by atoms with Gasteiger partial charge in [0.25, 0.3) is 0 Å². The van der Waals surface area contributed by atoms with Gasteiger partial charge >= 0.3 is 0 Å². The van der Waals surface area contributed by atoms with Gasteiger partial charge < -0.3 is 9.30 Å². The number of benzene rings is 1. The third kappa shape index (κ3) is 3.81. The van der Waals surface area contributed by atoms with Crippen LogP contribution in [0.5, 0.6) is 5.88 Å². The van der Waals surface area contributed by atoms with Crippen LogP contribution in [0.1, 0.15) is 30.3 Å². The predicted octanol–water partition coefficient (Wildman–Crippen LogP) is 3.65. The van der Waals surface area contributed by atoms with E-state index in [1.54, 1.807) is 30.7 Å². The van der Waals surface area contributed by atoms with Gasteiger partial charge in [-0.25, -0.2) is 14.4 Å². The molecule has 0 amide bonds. The molecule has 6 nitrogen and oxygen atoms in total. The van der Waals surface area contributed by atoms with Crippen LogP contribution in [0, 0.1) is 24.6 Å². The molecule has 1 aromatic carbocycles. The number of ether oxygens (including phenoxy) is 1. The Morgan fingerprint density at radius 3 is 2.63 bits per heavy atom. The van der Waals surface area contributed by atoms with Crippen molar-refractivity contribution in [1.82, 2.24) is 24.4 Å². The van der Waals surface area contributed by atoms with Crippen molar-refractivity contribution in [3.63, 3.8) is 0 Å². The number of aromatic nitrogens is 4. The van der Waals surface area contributed by atoms with E-state index in [4.69, 9.17) is 4.74 Å². The number of rotatable bonds is 5. The molecule has 156 valence electrons. The molecule has 3 heterocycles. The van der Waals surface area contributed by atoms with Crippen molar-refractivity contribution in [3.05, 3.63) is 72.5 Å². The molecule has 1 saturated carbocycles. The molecule has 2 aromatic heterocycles. The van der Waals surface area contributed by atoms with E-state index in [1.165, 1.54) is 0 Å². The van der Waals surface area contributed by atoms with Crippen LogP contribution in [-0.4, -0.2) is 43.6 Å². The second kappa shape index (κ2) is 8.14. The minimum absolute atomic E-state index is 0.00395. The van der Waals surface area contributed by atoms with Crippen molar-refractivity contribution in [1.29, 1.82) is 0 Å². The fourth-order valence-electron chi connectivity index (χ4n) is 5.14. The highest BCUT2D eigenvalue weighted by Gasteiger charge is 2.44. The summed E-state index contributed by atoms with van der Waals surface area (Å²) in [6.07, 6.45) is 10.8. The number of likely N-dealkylation sites (tertiary alicyclic amines) is 1. The lowest BCUT2D eigenvalue weighted by Crippen LogP contribution is -2.40. The van der Waals surface area contributed by atoms with Crippen LogP contribution in [-0.2, 0) is 6.54 Å². The van der Waals surface area contributed by atoms with E-state index >= 15 is 0 Å². The second-order valence-corrected chi connectivity index (χ2v) is 8.43. The summed E-state index contributed by atoms with van der Waals surface area (Å²) in [7, 11) is 0. The zero-order valence-electron chi connectivity index (χ0n) is 17.1. The summed E-state index contributed by atoms with van der Waals surface area (Å²) in [5.74, 6) is 2.52. The maximum Gasteiger partial charge on any atom is 0.232 e. The average molecular weight is 407 g/mol. The molecule has 1 saturated heterocycles. The van der Waals surface area contributed by atoms with Crippen LogP contribution >= 0.6 is 0 Å². The molecule has 5 rings (SSSR count). The Balaban J connectivity index is 1.35. The molecule has 2 fully saturated rings. The molecule has 0 N–H and O–H groups in total. The first kappa shape index (κ1) is 19.2. The SMILES string of the molecule is Cc1nccn1[C@H]1C[C@H]2CN(Cc3ccccc3F)C[C@H]2C[C@@H]1Oc1cnccn1. The normalized spacial score (nSPS) is 26.5. The van der Waals surface area contributed by atoms with Gasteiger partial charge in [-0.05, 0) is 37.7 Å². The molecule has 7 heteroatoms. The first-order valence-corrected chi connectivity index (χ1v) is 10.5. The second-order valence-electron chi connectivity index (χ2n) is 8.43. The number of halogens is 1. The van der Waals surface area contributed by atoms with Gasteiger partial charge in [-0.15, -0.1) is 0 Å². The van der Waals surface area contributed by atoms with E-state index in [2.05, 4.69) is 24.4 Å². The standard InChI is InChI=1S/C23H26FN5O/c1-16-26-8-9-29(16)21-10-18-14-28(13-17-4-2-3-5-20(17)24)15-19(18)11-22(21)30-23-12-25-6-7-27-23/h2-9,12,18-19,21-22H,10-11,13-15H2,1H3/t18-,19+,21-,22-/m0/s1. The van der Waals surface area contributed by atoms with Gasteiger partial charge in [-0.2, -0.15) is 0 Å². The van der Waals surface area contributed by atoms with Gasteiger partial charge in [0.15, 0.2) is 0 Å². The topological polar surface area (TPSA) is 56.1 Å². The molecule has 2 aliphatic rings. The summed E-state index contributed by atoms with van der Waals surface area (Å²) in [4.78, 5) is 15.3. The highest BCUT2D eigenvalue weighted by Crippen LogP contribution is 2.43. The fourth-order valence-corrected chi connectivity index (χ4v) is 5.14. The Kier molecular flexibility index (Phi) is 5.21. The Morgan fingerprint density at radius 2 is 1.90 bits per heavy atom.